The van der Waals surface area contributed by atoms with Crippen molar-refractivity contribution in [3.8, 4) is 0 Å². The summed E-state index contributed by atoms with van der Waals surface area (Å²) in [7, 11) is 0. The molecular weight excluding hydrogens is 462 g/mol. The molecule has 0 bridgehead atoms. The SMILES string of the molecule is O=C(CN1C(=O)c2cccc3cccc(c23)C1=O)N1CCN(C(c2ccccc2)c2ccccc2)CC1. The Morgan fingerprint density at radius 2 is 1.16 bits per heavy atom. The minimum atomic E-state index is -0.408. The normalized spacial score (nSPS) is 16.0. The highest BCUT2D eigenvalue weighted by Gasteiger charge is 2.36. The van der Waals surface area contributed by atoms with Crippen LogP contribution in [-0.4, -0.2) is 65.1 Å². The van der Waals surface area contributed by atoms with Crippen LogP contribution >= 0.6 is 0 Å². The molecule has 3 amide bonds. The molecule has 0 N–H and O–H groups in total. The van der Waals surface area contributed by atoms with Crippen LogP contribution in [0, 0.1) is 0 Å². The van der Waals surface area contributed by atoms with E-state index in [0.29, 0.717) is 42.7 Å². The second-order valence-electron chi connectivity index (χ2n) is 9.55. The average molecular weight is 490 g/mol. The van der Waals surface area contributed by atoms with Crippen molar-refractivity contribution in [2.24, 2.45) is 0 Å². The maximum Gasteiger partial charge on any atom is 0.261 e. The first kappa shape index (κ1) is 23.1. The molecule has 6 nitrogen and oxygen atoms in total. The second kappa shape index (κ2) is 9.64. The largest absolute Gasteiger partial charge is 0.339 e. The summed E-state index contributed by atoms with van der Waals surface area (Å²) < 4.78 is 0. The number of nitrogens with zero attached hydrogens (tertiary/aromatic N) is 3. The van der Waals surface area contributed by atoms with Crippen LogP contribution in [0.5, 0.6) is 0 Å². The smallest absolute Gasteiger partial charge is 0.261 e. The van der Waals surface area contributed by atoms with Gasteiger partial charge < -0.3 is 4.90 Å². The third-order valence-electron chi connectivity index (χ3n) is 7.41. The lowest BCUT2D eigenvalue weighted by Gasteiger charge is -2.40. The number of hydrogen-bond acceptors (Lipinski definition) is 4. The van der Waals surface area contributed by atoms with Crippen LogP contribution in [0.1, 0.15) is 37.9 Å². The molecule has 0 saturated carbocycles. The van der Waals surface area contributed by atoms with Crippen LogP contribution in [0.15, 0.2) is 97.1 Å². The first-order valence-corrected chi connectivity index (χ1v) is 12.6. The van der Waals surface area contributed by atoms with E-state index in [0.717, 1.165) is 10.3 Å². The lowest BCUT2D eigenvalue weighted by atomic mass is 9.94. The Kier molecular flexibility index (Phi) is 6.02. The Morgan fingerprint density at radius 1 is 0.649 bits per heavy atom. The number of carbonyl (C=O) groups is 3. The number of hydrogen-bond donors (Lipinski definition) is 0. The first-order valence-electron chi connectivity index (χ1n) is 12.6. The van der Waals surface area contributed by atoms with Crippen LogP contribution in [0.2, 0.25) is 0 Å². The molecule has 184 valence electrons. The number of benzene rings is 4. The van der Waals surface area contributed by atoms with Gasteiger partial charge in [0.15, 0.2) is 0 Å². The summed E-state index contributed by atoms with van der Waals surface area (Å²) in [6.07, 6.45) is 0. The number of piperazine rings is 1. The van der Waals surface area contributed by atoms with E-state index in [-0.39, 0.29) is 18.5 Å². The Balaban J connectivity index is 1.17. The van der Waals surface area contributed by atoms with Crippen LogP contribution in [0.25, 0.3) is 10.8 Å². The zero-order chi connectivity index (χ0) is 25.4. The lowest BCUT2D eigenvalue weighted by molar-refractivity contribution is -0.133. The molecule has 6 rings (SSSR count). The standard InChI is InChI=1S/C31H27N3O3/c35-27(21-34-30(36)25-15-7-13-22-14-8-16-26(28(22)25)31(34)37)32-17-19-33(20-18-32)29(23-9-3-1-4-10-23)24-11-5-2-6-12-24/h1-16,29H,17-21H2. The van der Waals surface area contributed by atoms with Crippen LogP contribution in [0.4, 0.5) is 0 Å². The number of rotatable bonds is 5. The van der Waals surface area contributed by atoms with Crippen molar-refractivity contribution < 1.29 is 14.4 Å². The topological polar surface area (TPSA) is 60.9 Å². The predicted molar refractivity (Wildman–Crippen MR) is 142 cm³/mol. The quantitative estimate of drug-likeness (QED) is 0.391. The average Bonchev–Trinajstić information content (AvgIpc) is 2.95. The van der Waals surface area contributed by atoms with Crippen molar-refractivity contribution >= 4 is 28.5 Å². The Hall–Kier alpha value is -4.29. The summed E-state index contributed by atoms with van der Waals surface area (Å²) in [4.78, 5) is 45.0. The summed E-state index contributed by atoms with van der Waals surface area (Å²) in [6, 6.07) is 31.8. The van der Waals surface area contributed by atoms with Crippen molar-refractivity contribution in [1.82, 2.24) is 14.7 Å². The minimum Gasteiger partial charge on any atom is -0.339 e. The molecule has 2 aliphatic heterocycles. The fourth-order valence-corrected chi connectivity index (χ4v) is 5.57. The van der Waals surface area contributed by atoms with Gasteiger partial charge in [-0.15, -0.1) is 0 Å². The molecule has 0 spiro atoms. The maximum atomic E-state index is 13.3. The molecule has 0 unspecified atom stereocenters. The van der Waals surface area contributed by atoms with E-state index < -0.39 is 11.8 Å². The van der Waals surface area contributed by atoms with E-state index in [2.05, 4.69) is 53.4 Å². The third kappa shape index (κ3) is 4.19. The zero-order valence-electron chi connectivity index (χ0n) is 20.4. The van der Waals surface area contributed by atoms with Crippen LogP contribution in [0.3, 0.4) is 0 Å². The van der Waals surface area contributed by atoms with Gasteiger partial charge >= 0.3 is 0 Å². The van der Waals surface area contributed by atoms with E-state index in [1.807, 2.05) is 36.4 Å². The van der Waals surface area contributed by atoms with Gasteiger partial charge in [-0.2, -0.15) is 0 Å². The molecule has 1 fully saturated rings. The Labute approximate surface area is 215 Å². The summed E-state index contributed by atoms with van der Waals surface area (Å²) in [5, 5.41) is 1.52. The van der Waals surface area contributed by atoms with Crippen molar-refractivity contribution in [3.63, 3.8) is 0 Å². The second-order valence-corrected chi connectivity index (χ2v) is 9.55. The number of carbonyl (C=O) groups excluding carboxylic acids is 3. The van der Waals surface area contributed by atoms with E-state index in [4.69, 9.17) is 0 Å². The fraction of sp³-hybridized carbons (Fsp3) is 0.194. The molecule has 2 heterocycles. The summed E-state index contributed by atoms with van der Waals surface area (Å²) in [6.45, 7) is 2.23. The molecule has 4 aromatic carbocycles. The highest BCUT2D eigenvalue weighted by Crippen LogP contribution is 2.31. The third-order valence-corrected chi connectivity index (χ3v) is 7.41. The van der Waals surface area contributed by atoms with Gasteiger partial charge in [-0.25, -0.2) is 0 Å². The van der Waals surface area contributed by atoms with Crippen LogP contribution in [-0.2, 0) is 4.79 Å². The summed E-state index contributed by atoms with van der Waals surface area (Å²) >= 11 is 0. The molecule has 0 aliphatic carbocycles. The highest BCUT2D eigenvalue weighted by atomic mass is 16.2. The molecule has 0 radical (unpaired) electrons. The minimum absolute atomic E-state index is 0.0990. The summed E-state index contributed by atoms with van der Waals surface area (Å²) in [5.74, 6) is -1.02. The molecule has 0 atom stereocenters. The molecule has 37 heavy (non-hydrogen) atoms. The zero-order valence-corrected chi connectivity index (χ0v) is 20.4. The number of amides is 3. The van der Waals surface area contributed by atoms with Crippen molar-refractivity contribution in [1.29, 1.82) is 0 Å². The fourth-order valence-electron chi connectivity index (χ4n) is 5.57. The maximum absolute atomic E-state index is 13.3. The van der Waals surface area contributed by atoms with E-state index >= 15 is 0 Å². The van der Waals surface area contributed by atoms with Crippen molar-refractivity contribution in [2.75, 3.05) is 32.7 Å². The molecule has 1 saturated heterocycles. The monoisotopic (exact) mass is 489 g/mol. The number of imide groups is 1. The summed E-state index contributed by atoms with van der Waals surface area (Å²) in [5.41, 5.74) is 3.37. The lowest BCUT2D eigenvalue weighted by Crippen LogP contribution is -2.53. The highest BCUT2D eigenvalue weighted by molar-refractivity contribution is 6.26. The Bertz CT molecular complexity index is 1390. The molecule has 2 aliphatic rings. The molecule has 0 aromatic heterocycles. The van der Waals surface area contributed by atoms with Crippen molar-refractivity contribution in [2.45, 2.75) is 6.04 Å². The Morgan fingerprint density at radius 3 is 1.68 bits per heavy atom. The van der Waals surface area contributed by atoms with Gasteiger partial charge in [-0.05, 0) is 28.6 Å². The van der Waals surface area contributed by atoms with Crippen LogP contribution < -0.4 is 0 Å². The van der Waals surface area contributed by atoms with Crippen molar-refractivity contribution in [3.05, 3.63) is 119 Å². The van der Waals surface area contributed by atoms with Gasteiger partial charge in [-0.3, -0.25) is 24.2 Å². The van der Waals surface area contributed by atoms with E-state index in [9.17, 15) is 14.4 Å². The van der Waals surface area contributed by atoms with E-state index in [1.165, 1.54) is 11.1 Å². The van der Waals surface area contributed by atoms with Gasteiger partial charge in [0.2, 0.25) is 5.91 Å². The molecular formula is C31H27N3O3. The molecule has 6 heteroatoms. The van der Waals surface area contributed by atoms with Gasteiger partial charge in [0, 0.05) is 42.7 Å². The van der Waals surface area contributed by atoms with Gasteiger partial charge in [0.1, 0.15) is 6.54 Å². The predicted octanol–water partition coefficient (Wildman–Crippen LogP) is 4.37. The van der Waals surface area contributed by atoms with E-state index in [1.54, 1.807) is 17.0 Å². The molecule has 4 aromatic rings. The first-order chi connectivity index (χ1) is 18.1. The van der Waals surface area contributed by atoms with Gasteiger partial charge in [-0.1, -0.05) is 84.9 Å². The van der Waals surface area contributed by atoms with Gasteiger partial charge in [0.25, 0.3) is 11.8 Å². The van der Waals surface area contributed by atoms with Gasteiger partial charge in [0.05, 0.1) is 6.04 Å².